The number of nitrogens with one attached hydrogen (secondary N) is 2. The number of rotatable bonds is 5. The maximum Gasteiger partial charge on any atom is 0.254 e. The van der Waals surface area contributed by atoms with Crippen LogP contribution in [0.3, 0.4) is 0 Å². The molecule has 3 unspecified atom stereocenters. The number of nitrogens with zero attached hydrogens (tertiary/aromatic N) is 2. The average Bonchev–Trinajstić information content (AvgIpc) is 3.18. The number of aromatic nitrogens is 1. The Morgan fingerprint density at radius 1 is 1.32 bits per heavy atom. The van der Waals surface area contributed by atoms with Crippen LogP contribution in [0, 0.1) is 5.92 Å². The Hall–Kier alpha value is -1.02. The van der Waals surface area contributed by atoms with E-state index in [1.165, 1.54) is 11.8 Å². The maximum atomic E-state index is 12.8. The number of amides is 2. The number of pyridine rings is 1. The molecular formula is C19H30Cl2N4O2S. The fraction of sp³-hybridized carbons (Fsp3) is 0.632. The molecule has 0 aromatic carbocycles. The summed E-state index contributed by atoms with van der Waals surface area (Å²) in [5, 5.41) is 6.89. The largest absolute Gasteiger partial charge is 0.349 e. The van der Waals surface area contributed by atoms with Crippen LogP contribution in [-0.2, 0) is 4.79 Å². The first kappa shape index (κ1) is 25.0. The Morgan fingerprint density at radius 3 is 2.71 bits per heavy atom. The van der Waals surface area contributed by atoms with E-state index in [0.29, 0.717) is 16.5 Å². The van der Waals surface area contributed by atoms with Crippen LogP contribution in [-0.4, -0.2) is 59.2 Å². The van der Waals surface area contributed by atoms with Gasteiger partial charge in [-0.25, -0.2) is 4.98 Å². The van der Waals surface area contributed by atoms with Gasteiger partial charge in [0.2, 0.25) is 5.91 Å². The highest BCUT2D eigenvalue weighted by Gasteiger charge is 2.27. The summed E-state index contributed by atoms with van der Waals surface area (Å²) in [6.45, 7) is 7.56. The number of piperidine rings is 1. The second kappa shape index (κ2) is 11.9. The molecule has 0 saturated carbocycles. The van der Waals surface area contributed by atoms with Crippen LogP contribution in [0.2, 0.25) is 0 Å². The minimum atomic E-state index is -0.243. The van der Waals surface area contributed by atoms with Gasteiger partial charge in [0.1, 0.15) is 5.03 Å². The van der Waals surface area contributed by atoms with E-state index in [4.69, 9.17) is 0 Å². The van der Waals surface area contributed by atoms with Crippen molar-refractivity contribution in [3.63, 3.8) is 0 Å². The number of carbonyl (C=O) groups is 2. The molecule has 2 aliphatic rings. The third-order valence-electron chi connectivity index (χ3n) is 5.17. The maximum absolute atomic E-state index is 12.8. The second-order valence-corrected chi connectivity index (χ2v) is 8.53. The monoisotopic (exact) mass is 448 g/mol. The van der Waals surface area contributed by atoms with Crippen LogP contribution in [0.25, 0.3) is 0 Å². The number of carbonyl (C=O) groups excluding carboxylic acids is 2. The van der Waals surface area contributed by atoms with E-state index in [0.717, 1.165) is 45.4 Å². The van der Waals surface area contributed by atoms with Gasteiger partial charge in [0.05, 0.1) is 10.8 Å². The smallest absolute Gasteiger partial charge is 0.254 e. The van der Waals surface area contributed by atoms with E-state index in [2.05, 4.69) is 22.5 Å². The third-order valence-corrected chi connectivity index (χ3v) is 6.28. The van der Waals surface area contributed by atoms with Crippen molar-refractivity contribution in [2.45, 2.75) is 49.4 Å². The molecule has 3 atom stereocenters. The minimum Gasteiger partial charge on any atom is -0.349 e. The SMILES string of the molecule is CC(Sc1ncccc1C(=O)NC1CCNCC1C)C(=O)N1CCCC1.Cl.Cl. The van der Waals surface area contributed by atoms with E-state index in [1.807, 2.05) is 11.8 Å². The van der Waals surface area contributed by atoms with Crippen LogP contribution >= 0.6 is 36.6 Å². The quantitative estimate of drug-likeness (QED) is 0.677. The Morgan fingerprint density at radius 2 is 2.04 bits per heavy atom. The summed E-state index contributed by atoms with van der Waals surface area (Å²) >= 11 is 1.38. The summed E-state index contributed by atoms with van der Waals surface area (Å²) in [5.41, 5.74) is 0.560. The van der Waals surface area contributed by atoms with Crippen molar-refractivity contribution in [2.24, 2.45) is 5.92 Å². The van der Waals surface area contributed by atoms with E-state index >= 15 is 0 Å². The number of thioether (sulfide) groups is 1. The van der Waals surface area contributed by atoms with Gasteiger partial charge in [-0.1, -0.05) is 18.7 Å². The van der Waals surface area contributed by atoms with Crippen molar-refractivity contribution in [1.82, 2.24) is 20.5 Å². The molecule has 0 aliphatic carbocycles. The van der Waals surface area contributed by atoms with Crippen molar-refractivity contribution in [3.05, 3.63) is 23.9 Å². The summed E-state index contributed by atoms with van der Waals surface area (Å²) in [4.78, 5) is 31.7. The van der Waals surface area contributed by atoms with E-state index in [1.54, 1.807) is 18.3 Å². The van der Waals surface area contributed by atoms with Crippen LogP contribution in [0.15, 0.2) is 23.4 Å². The third kappa shape index (κ3) is 6.24. The second-order valence-electron chi connectivity index (χ2n) is 7.20. The first-order valence-corrected chi connectivity index (χ1v) is 10.4. The summed E-state index contributed by atoms with van der Waals surface area (Å²) in [6.07, 6.45) is 4.77. The molecule has 2 aliphatic heterocycles. The van der Waals surface area contributed by atoms with Gasteiger partial charge in [0.25, 0.3) is 5.91 Å². The average molecular weight is 449 g/mol. The zero-order valence-electron chi connectivity index (χ0n) is 16.3. The first-order chi connectivity index (χ1) is 12.6. The van der Waals surface area contributed by atoms with Crippen molar-refractivity contribution in [2.75, 3.05) is 26.2 Å². The van der Waals surface area contributed by atoms with Gasteiger partial charge in [-0.05, 0) is 57.3 Å². The number of hydrogen-bond acceptors (Lipinski definition) is 5. The lowest BCUT2D eigenvalue weighted by molar-refractivity contribution is -0.129. The zero-order valence-corrected chi connectivity index (χ0v) is 18.8. The number of halogens is 2. The molecule has 0 spiro atoms. The van der Waals surface area contributed by atoms with Crippen molar-refractivity contribution >= 4 is 48.4 Å². The van der Waals surface area contributed by atoms with Crippen LogP contribution in [0.1, 0.15) is 43.5 Å². The highest BCUT2D eigenvalue weighted by atomic mass is 35.5. The standard InChI is InChI=1S/C19H28N4O2S.2ClH/c1-13-12-20-9-7-16(13)22-17(24)15-6-5-8-21-18(15)26-14(2)19(25)23-10-3-4-11-23;;/h5-6,8,13-14,16,20H,3-4,7,9-12H2,1-2H3,(H,22,24);2*1H. The molecule has 0 radical (unpaired) electrons. The first-order valence-electron chi connectivity index (χ1n) is 9.48. The Bertz CT molecular complexity index is 659. The van der Waals surface area contributed by atoms with Gasteiger partial charge in [-0.2, -0.15) is 0 Å². The highest BCUT2D eigenvalue weighted by molar-refractivity contribution is 8.00. The molecule has 1 aromatic heterocycles. The molecule has 2 saturated heterocycles. The number of hydrogen-bond donors (Lipinski definition) is 2. The molecule has 2 amide bonds. The highest BCUT2D eigenvalue weighted by Crippen LogP contribution is 2.27. The molecule has 1 aromatic rings. The summed E-state index contributed by atoms with van der Waals surface area (Å²) in [5.74, 6) is 0.438. The van der Waals surface area contributed by atoms with Gasteiger partial charge in [0, 0.05) is 25.3 Å². The molecule has 6 nitrogen and oxygen atoms in total. The molecule has 158 valence electrons. The van der Waals surface area contributed by atoms with Gasteiger partial charge in [-0.3, -0.25) is 9.59 Å². The molecular weight excluding hydrogens is 419 g/mol. The molecule has 28 heavy (non-hydrogen) atoms. The lowest BCUT2D eigenvalue weighted by atomic mass is 9.95. The van der Waals surface area contributed by atoms with Crippen LogP contribution in [0.4, 0.5) is 0 Å². The Balaban J connectivity index is 0.00000196. The molecule has 2 fully saturated rings. The van der Waals surface area contributed by atoms with Crippen LogP contribution in [0.5, 0.6) is 0 Å². The molecule has 3 rings (SSSR count). The zero-order chi connectivity index (χ0) is 18.5. The predicted molar refractivity (Wildman–Crippen MR) is 118 cm³/mol. The molecule has 9 heteroatoms. The lowest BCUT2D eigenvalue weighted by Gasteiger charge is -2.30. The van der Waals surface area contributed by atoms with Crippen LogP contribution < -0.4 is 10.6 Å². The normalized spacial score (nSPS) is 22.6. The van der Waals surface area contributed by atoms with E-state index < -0.39 is 0 Å². The number of likely N-dealkylation sites (tertiary alicyclic amines) is 1. The minimum absolute atomic E-state index is 0. The van der Waals surface area contributed by atoms with Crippen molar-refractivity contribution in [3.8, 4) is 0 Å². The van der Waals surface area contributed by atoms with Gasteiger partial charge >= 0.3 is 0 Å². The van der Waals surface area contributed by atoms with Crippen molar-refractivity contribution in [1.29, 1.82) is 0 Å². The Labute approximate surface area is 183 Å². The fourth-order valence-electron chi connectivity index (χ4n) is 3.54. The van der Waals surface area contributed by atoms with E-state index in [9.17, 15) is 9.59 Å². The van der Waals surface area contributed by atoms with Gasteiger partial charge < -0.3 is 15.5 Å². The van der Waals surface area contributed by atoms with Gasteiger partial charge in [-0.15, -0.1) is 24.8 Å². The summed E-state index contributed by atoms with van der Waals surface area (Å²) < 4.78 is 0. The van der Waals surface area contributed by atoms with Crippen molar-refractivity contribution < 1.29 is 9.59 Å². The summed E-state index contributed by atoms with van der Waals surface area (Å²) in [7, 11) is 0. The lowest BCUT2D eigenvalue weighted by Crippen LogP contribution is -2.48. The predicted octanol–water partition coefficient (Wildman–Crippen LogP) is 2.76. The van der Waals surface area contributed by atoms with E-state index in [-0.39, 0.29) is 47.9 Å². The summed E-state index contributed by atoms with van der Waals surface area (Å²) in [6, 6.07) is 3.74. The Kier molecular flexibility index (Phi) is 10.6. The molecule has 0 bridgehead atoms. The van der Waals surface area contributed by atoms with Gasteiger partial charge in [0.15, 0.2) is 0 Å². The fourth-order valence-corrected chi connectivity index (χ4v) is 4.54. The molecule has 2 N–H and O–H groups in total. The molecule has 3 heterocycles. The topological polar surface area (TPSA) is 74.3 Å².